The van der Waals surface area contributed by atoms with Crippen LogP contribution in [-0.2, 0) is 17.6 Å². The van der Waals surface area contributed by atoms with E-state index in [2.05, 4.69) is 24.4 Å². The molecule has 1 atom stereocenters. The summed E-state index contributed by atoms with van der Waals surface area (Å²) < 4.78 is 14.5. The molecule has 2 aromatic heterocycles. The van der Waals surface area contributed by atoms with Crippen LogP contribution in [0.15, 0.2) is 4.52 Å². The number of ether oxygens (including phenoxy) is 1. The number of hydrogen-bond donors (Lipinski definition) is 0. The molecule has 3 heterocycles. The van der Waals surface area contributed by atoms with E-state index in [-0.39, 0.29) is 0 Å². The van der Waals surface area contributed by atoms with Crippen molar-refractivity contribution < 1.29 is 9.26 Å². The van der Waals surface area contributed by atoms with Crippen molar-refractivity contribution in [1.29, 1.82) is 0 Å². The second-order valence-corrected chi connectivity index (χ2v) is 6.35. The molecular formula is C14H21N5O2S. The van der Waals surface area contributed by atoms with Crippen LogP contribution in [0.4, 0.5) is 5.13 Å². The molecule has 2 aromatic rings. The standard InChI is InChI=1S/C14H21N5O2S/c1-10-15-13(17-21-10)8-11-4-3-6-19(9-11)14-16-12(18-22-14)5-7-20-2/h11H,3-9H2,1-2H3/t11-/m0/s1. The Kier molecular flexibility index (Phi) is 4.99. The van der Waals surface area contributed by atoms with Gasteiger partial charge in [-0.3, -0.25) is 0 Å². The van der Waals surface area contributed by atoms with Crippen molar-refractivity contribution in [3.8, 4) is 0 Å². The maximum Gasteiger partial charge on any atom is 0.223 e. The number of piperidine rings is 1. The topological polar surface area (TPSA) is 77.2 Å². The van der Waals surface area contributed by atoms with Gasteiger partial charge in [0, 0.05) is 51.5 Å². The molecule has 22 heavy (non-hydrogen) atoms. The van der Waals surface area contributed by atoms with Crippen LogP contribution in [-0.4, -0.2) is 46.3 Å². The summed E-state index contributed by atoms with van der Waals surface area (Å²) in [4.78, 5) is 11.3. The van der Waals surface area contributed by atoms with Crippen molar-refractivity contribution in [2.24, 2.45) is 5.92 Å². The second-order valence-electron chi connectivity index (χ2n) is 5.62. The van der Waals surface area contributed by atoms with Crippen LogP contribution in [0.5, 0.6) is 0 Å². The lowest BCUT2D eigenvalue weighted by Gasteiger charge is -2.31. The molecule has 0 aliphatic carbocycles. The summed E-state index contributed by atoms with van der Waals surface area (Å²) in [7, 11) is 1.70. The van der Waals surface area contributed by atoms with Gasteiger partial charge in [-0.1, -0.05) is 5.16 Å². The molecule has 0 unspecified atom stereocenters. The summed E-state index contributed by atoms with van der Waals surface area (Å²) in [5.74, 6) is 2.85. The maximum absolute atomic E-state index is 5.07. The first-order valence-electron chi connectivity index (χ1n) is 7.60. The van der Waals surface area contributed by atoms with Gasteiger partial charge < -0.3 is 14.2 Å². The quantitative estimate of drug-likeness (QED) is 0.803. The summed E-state index contributed by atoms with van der Waals surface area (Å²) in [5.41, 5.74) is 0. The fraction of sp³-hybridized carbons (Fsp3) is 0.714. The Morgan fingerprint density at radius 1 is 1.36 bits per heavy atom. The van der Waals surface area contributed by atoms with Gasteiger partial charge in [-0.2, -0.15) is 9.36 Å². The monoisotopic (exact) mass is 323 g/mol. The van der Waals surface area contributed by atoms with Crippen LogP contribution in [0.1, 0.15) is 30.4 Å². The van der Waals surface area contributed by atoms with Crippen LogP contribution in [0.3, 0.4) is 0 Å². The van der Waals surface area contributed by atoms with E-state index in [1.165, 1.54) is 18.0 Å². The zero-order valence-corrected chi connectivity index (χ0v) is 13.8. The lowest BCUT2D eigenvalue weighted by molar-refractivity contribution is 0.201. The van der Waals surface area contributed by atoms with Gasteiger partial charge in [0.2, 0.25) is 11.0 Å². The van der Waals surface area contributed by atoms with Crippen molar-refractivity contribution in [3.63, 3.8) is 0 Å². The van der Waals surface area contributed by atoms with E-state index in [0.29, 0.717) is 18.4 Å². The first kappa shape index (κ1) is 15.4. The summed E-state index contributed by atoms with van der Waals surface area (Å²) >= 11 is 1.48. The fourth-order valence-corrected chi connectivity index (χ4v) is 3.50. The third kappa shape index (κ3) is 3.80. The summed E-state index contributed by atoms with van der Waals surface area (Å²) in [5, 5.41) is 5.02. The highest BCUT2D eigenvalue weighted by Gasteiger charge is 2.24. The lowest BCUT2D eigenvalue weighted by atomic mass is 9.95. The number of aryl methyl sites for hydroxylation is 1. The third-order valence-electron chi connectivity index (χ3n) is 3.82. The van der Waals surface area contributed by atoms with Crippen molar-refractivity contribution in [2.75, 3.05) is 31.7 Å². The summed E-state index contributed by atoms with van der Waals surface area (Å²) in [6.07, 6.45) is 3.99. The summed E-state index contributed by atoms with van der Waals surface area (Å²) in [6, 6.07) is 0. The van der Waals surface area contributed by atoms with Crippen LogP contribution in [0, 0.1) is 12.8 Å². The largest absolute Gasteiger partial charge is 0.384 e. The van der Waals surface area contributed by atoms with Gasteiger partial charge >= 0.3 is 0 Å². The average molecular weight is 323 g/mol. The SMILES string of the molecule is COCCc1nsc(N2CCC[C@@H](Cc3noc(C)n3)C2)n1. The average Bonchev–Trinajstić information content (AvgIpc) is 3.15. The minimum atomic E-state index is 0.539. The van der Waals surface area contributed by atoms with E-state index in [0.717, 1.165) is 49.1 Å². The molecule has 0 saturated carbocycles. The molecule has 120 valence electrons. The molecule has 0 spiro atoms. The minimum absolute atomic E-state index is 0.539. The fourth-order valence-electron chi connectivity index (χ4n) is 2.76. The first-order valence-corrected chi connectivity index (χ1v) is 8.37. The van der Waals surface area contributed by atoms with E-state index >= 15 is 0 Å². The van der Waals surface area contributed by atoms with Gasteiger partial charge in [0.25, 0.3) is 0 Å². The normalized spacial score (nSPS) is 18.8. The zero-order chi connectivity index (χ0) is 15.4. The molecule has 0 amide bonds. The molecule has 1 fully saturated rings. The highest BCUT2D eigenvalue weighted by Crippen LogP contribution is 2.26. The Labute approximate surface area is 133 Å². The number of anilines is 1. The lowest BCUT2D eigenvalue weighted by Crippen LogP contribution is -2.36. The van der Waals surface area contributed by atoms with Gasteiger partial charge in [0.15, 0.2) is 5.82 Å². The van der Waals surface area contributed by atoms with Gasteiger partial charge in [0.05, 0.1) is 6.61 Å². The Morgan fingerprint density at radius 2 is 2.27 bits per heavy atom. The molecule has 7 nitrogen and oxygen atoms in total. The Hall–Kier alpha value is -1.54. The molecule has 8 heteroatoms. The molecule has 0 radical (unpaired) electrons. The summed E-state index contributed by atoms with van der Waals surface area (Å²) in [6.45, 7) is 4.51. The Morgan fingerprint density at radius 3 is 3.05 bits per heavy atom. The van der Waals surface area contributed by atoms with E-state index in [4.69, 9.17) is 9.26 Å². The van der Waals surface area contributed by atoms with E-state index < -0.39 is 0 Å². The second kappa shape index (κ2) is 7.15. The van der Waals surface area contributed by atoms with Crippen molar-refractivity contribution in [2.45, 2.75) is 32.6 Å². The molecule has 1 aliphatic rings. The van der Waals surface area contributed by atoms with Crippen molar-refractivity contribution in [1.82, 2.24) is 19.5 Å². The Bertz CT molecular complexity index is 600. The number of nitrogens with zero attached hydrogens (tertiary/aromatic N) is 5. The minimum Gasteiger partial charge on any atom is -0.384 e. The van der Waals surface area contributed by atoms with Gasteiger partial charge in [-0.05, 0) is 18.8 Å². The van der Waals surface area contributed by atoms with Crippen LogP contribution in [0.25, 0.3) is 0 Å². The highest BCUT2D eigenvalue weighted by molar-refractivity contribution is 7.09. The van der Waals surface area contributed by atoms with E-state index in [1.54, 1.807) is 7.11 Å². The smallest absolute Gasteiger partial charge is 0.223 e. The van der Waals surface area contributed by atoms with Crippen LogP contribution in [0.2, 0.25) is 0 Å². The Balaban J connectivity index is 1.59. The molecule has 3 rings (SSSR count). The molecule has 1 saturated heterocycles. The zero-order valence-electron chi connectivity index (χ0n) is 13.0. The van der Waals surface area contributed by atoms with Crippen molar-refractivity contribution in [3.05, 3.63) is 17.5 Å². The number of methoxy groups -OCH3 is 1. The predicted octanol–water partition coefficient (Wildman–Crippen LogP) is 1.88. The van der Waals surface area contributed by atoms with Gasteiger partial charge in [-0.15, -0.1) is 0 Å². The molecule has 0 N–H and O–H groups in total. The first-order chi connectivity index (χ1) is 10.7. The molecule has 0 bridgehead atoms. The van der Waals surface area contributed by atoms with Gasteiger partial charge in [0.1, 0.15) is 5.82 Å². The number of hydrogen-bond acceptors (Lipinski definition) is 8. The molecule has 1 aliphatic heterocycles. The van der Waals surface area contributed by atoms with Gasteiger partial charge in [-0.25, -0.2) is 4.98 Å². The van der Waals surface area contributed by atoms with Crippen LogP contribution >= 0.6 is 11.5 Å². The molecule has 0 aromatic carbocycles. The van der Waals surface area contributed by atoms with E-state index in [1.807, 2.05) is 6.92 Å². The molecular weight excluding hydrogens is 302 g/mol. The number of aromatic nitrogens is 4. The maximum atomic E-state index is 5.07. The third-order valence-corrected chi connectivity index (χ3v) is 4.63. The highest BCUT2D eigenvalue weighted by atomic mass is 32.1. The number of rotatable bonds is 6. The predicted molar refractivity (Wildman–Crippen MR) is 83.2 cm³/mol. The van der Waals surface area contributed by atoms with Crippen LogP contribution < -0.4 is 4.90 Å². The van der Waals surface area contributed by atoms with E-state index in [9.17, 15) is 0 Å². The van der Waals surface area contributed by atoms with Crippen molar-refractivity contribution >= 4 is 16.7 Å².